The molecular formula is C14H23NO3. The Morgan fingerprint density at radius 3 is 2.78 bits per heavy atom. The molecule has 1 rings (SSSR count). The van der Waals surface area contributed by atoms with Crippen molar-refractivity contribution in [2.45, 2.75) is 39.5 Å². The van der Waals surface area contributed by atoms with Crippen LogP contribution in [0.1, 0.15) is 39.5 Å². The second kappa shape index (κ2) is 7.19. The molecule has 0 aliphatic carbocycles. The Morgan fingerprint density at radius 2 is 2.17 bits per heavy atom. The average molecular weight is 253 g/mol. The Balaban J connectivity index is 2.52. The molecule has 1 atom stereocenters. The van der Waals surface area contributed by atoms with E-state index in [0.717, 1.165) is 25.8 Å². The van der Waals surface area contributed by atoms with Gasteiger partial charge in [0.05, 0.1) is 13.2 Å². The Bertz CT molecular complexity index is 325. The molecule has 0 N–H and O–H groups in total. The first-order valence-electron chi connectivity index (χ1n) is 6.71. The summed E-state index contributed by atoms with van der Waals surface area (Å²) in [5.74, 6) is 0.341. The van der Waals surface area contributed by atoms with E-state index in [2.05, 4.69) is 13.5 Å². The summed E-state index contributed by atoms with van der Waals surface area (Å²) in [6, 6.07) is 0. The summed E-state index contributed by atoms with van der Waals surface area (Å²) in [6.07, 6.45) is 3.66. The molecule has 4 heteroatoms. The third-order valence-corrected chi connectivity index (χ3v) is 3.45. The van der Waals surface area contributed by atoms with Crippen LogP contribution in [0.15, 0.2) is 12.2 Å². The highest BCUT2D eigenvalue weighted by atomic mass is 16.5. The third-order valence-electron chi connectivity index (χ3n) is 3.45. The molecule has 102 valence electrons. The number of rotatable bonds is 5. The highest BCUT2D eigenvalue weighted by molar-refractivity contribution is 5.89. The highest BCUT2D eigenvalue weighted by Gasteiger charge is 2.23. The number of ether oxygens (including phenoxy) is 1. The Labute approximate surface area is 109 Å². The molecule has 1 unspecified atom stereocenters. The van der Waals surface area contributed by atoms with Gasteiger partial charge in [0.2, 0.25) is 5.91 Å². The van der Waals surface area contributed by atoms with Crippen molar-refractivity contribution >= 4 is 11.9 Å². The molecule has 4 nitrogen and oxygen atoms in total. The van der Waals surface area contributed by atoms with Gasteiger partial charge >= 0.3 is 5.97 Å². The van der Waals surface area contributed by atoms with Gasteiger partial charge in [-0.2, -0.15) is 0 Å². The Kier molecular flexibility index (Phi) is 5.89. The zero-order valence-electron chi connectivity index (χ0n) is 11.4. The first kappa shape index (κ1) is 14.7. The molecule has 0 aromatic heterocycles. The van der Waals surface area contributed by atoms with Crippen LogP contribution in [0.3, 0.4) is 0 Å². The zero-order chi connectivity index (χ0) is 13.5. The normalized spacial score (nSPS) is 20.4. The fourth-order valence-corrected chi connectivity index (χ4v) is 2.20. The third kappa shape index (κ3) is 4.17. The van der Waals surface area contributed by atoms with Crippen molar-refractivity contribution in [3.8, 4) is 0 Å². The topological polar surface area (TPSA) is 46.6 Å². The van der Waals surface area contributed by atoms with E-state index in [-0.39, 0.29) is 5.91 Å². The molecule has 1 aliphatic rings. The van der Waals surface area contributed by atoms with Gasteiger partial charge in [-0.15, -0.1) is 0 Å². The van der Waals surface area contributed by atoms with Crippen LogP contribution in [0.2, 0.25) is 0 Å². The number of hydrogen-bond acceptors (Lipinski definition) is 3. The Hall–Kier alpha value is -1.32. The van der Waals surface area contributed by atoms with Crippen molar-refractivity contribution in [1.82, 2.24) is 4.90 Å². The van der Waals surface area contributed by atoms with Crippen molar-refractivity contribution in [3.63, 3.8) is 0 Å². The molecule has 1 saturated heterocycles. The predicted molar refractivity (Wildman–Crippen MR) is 70.0 cm³/mol. The quantitative estimate of drug-likeness (QED) is 0.557. The van der Waals surface area contributed by atoms with Crippen LogP contribution in [-0.2, 0) is 14.3 Å². The summed E-state index contributed by atoms with van der Waals surface area (Å²) >= 11 is 0. The van der Waals surface area contributed by atoms with E-state index in [9.17, 15) is 9.59 Å². The lowest BCUT2D eigenvalue weighted by atomic mass is 9.98. The SMILES string of the molecule is C=C(CN1CCC(CC)CCC1=O)C(=O)OCC. The van der Waals surface area contributed by atoms with E-state index < -0.39 is 5.97 Å². The molecule has 0 bridgehead atoms. The minimum absolute atomic E-state index is 0.122. The van der Waals surface area contributed by atoms with Gasteiger partial charge in [0.25, 0.3) is 0 Å². The molecule has 0 aromatic rings. The Morgan fingerprint density at radius 1 is 1.44 bits per heavy atom. The van der Waals surface area contributed by atoms with Crippen LogP contribution in [0.4, 0.5) is 0 Å². The molecule has 1 heterocycles. The molecule has 1 aliphatic heterocycles. The number of nitrogens with zero attached hydrogens (tertiary/aromatic N) is 1. The van der Waals surface area contributed by atoms with Crippen LogP contribution in [-0.4, -0.2) is 36.5 Å². The van der Waals surface area contributed by atoms with Gasteiger partial charge in [-0.25, -0.2) is 4.79 Å². The zero-order valence-corrected chi connectivity index (χ0v) is 11.4. The largest absolute Gasteiger partial charge is 0.463 e. The summed E-state index contributed by atoms with van der Waals surface area (Å²) in [6.45, 7) is 8.97. The van der Waals surface area contributed by atoms with E-state index in [1.807, 2.05) is 0 Å². The fourth-order valence-electron chi connectivity index (χ4n) is 2.20. The summed E-state index contributed by atoms with van der Waals surface area (Å²) in [5, 5.41) is 0. The summed E-state index contributed by atoms with van der Waals surface area (Å²) in [7, 11) is 0. The molecule has 1 fully saturated rings. The van der Waals surface area contributed by atoms with Gasteiger partial charge in [-0.3, -0.25) is 4.79 Å². The minimum Gasteiger partial charge on any atom is -0.463 e. The number of likely N-dealkylation sites (tertiary alicyclic amines) is 1. The molecule has 18 heavy (non-hydrogen) atoms. The molecule has 0 spiro atoms. The lowest BCUT2D eigenvalue weighted by Gasteiger charge is -2.21. The number of carbonyl (C=O) groups is 2. The van der Waals surface area contributed by atoms with Crippen LogP contribution >= 0.6 is 0 Å². The van der Waals surface area contributed by atoms with Crippen LogP contribution in [0, 0.1) is 5.92 Å². The number of carbonyl (C=O) groups excluding carboxylic acids is 2. The maximum Gasteiger partial charge on any atom is 0.335 e. The van der Waals surface area contributed by atoms with Gasteiger partial charge in [0.1, 0.15) is 0 Å². The van der Waals surface area contributed by atoms with Crippen LogP contribution in [0.5, 0.6) is 0 Å². The molecule has 0 aromatic carbocycles. The van der Waals surface area contributed by atoms with Crippen molar-refractivity contribution in [2.24, 2.45) is 5.92 Å². The molecule has 0 radical (unpaired) electrons. The van der Waals surface area contributed by atoms with E-state index >= 15 is 0 Å². The smallest absolute Gasteiger partial charge is 0.335 e. The standard InChI is InChI=1S/C14H23NO3/c1-4-12-6-7-13(16)15(9-8-12)10-11(3)14(17)18-5-2/h12H,3-10H2,1-2H3. The van der Waals surface area contributed by atoms with Gasteiger partial charge in [-0.1, -0.05) is 19.9 Å². The molecular weight excluding hydrogens is 230 g/mol. The maximum atomic E-state index is 11.9. The average Bonchev–Trinajstić information content (AvgIpc) is 2.53. The van der Waals surface area contributed by atoms with E-state index in [1.54, 1.807) is 11.8 Å². The summed E-state index contributed by atoms with van der Waals surface area (Å²) in [4.78, 5) is 25.1. The number of amides is 1. The van der Waals surface area contributed by atoms with Gasteiger partial charge in [-0.05, 0) is 25.7 Å². The lowest BCUT2D eigenvalue weighted by Crippen LogP contribution is -2.33. The van der Waals surface area contributed by atoms with Gasteiger partial charge in [0, 0.05) is 18.5 Å². The van der Waals surface area contributed by atoms with Gasteiger partial charge in [0.15, 0.2) is 0 Å². The van der Waals surface area contributed by atoms with Crippen molar-refractivity contribution in [3.05, 3.63) is 12.2 Å². The molecule has 0 saturated carbocycles. The van der Waals surface area contributed by atoms with Gasteiger partial charge < -0.3 is 9.64 Å². The maximum absolute atomic E-state index is 11.9. The monoisotopic (exact) mass is 253 g/mol. The number of hydrogen-bond donors (Lipinski definition) is 0. The van der Waals surface area contributed by atoms with E-state index in [4.69, 9.17) is 4.74 Å². The second-order valence-corrected chi connectivity index (χ2v) is 4.74. The first-order chi connectivity index (χ1) is 8.58. The summed E-state index contributed by atoms with van der Waals surface area (Å²) < 4.78 is 4.88. The van der Waals surface area contributed by atoms with Crippen molar-refractivity contribution in [1.29, 1.82) is 0 Å². The van der Waals surface area contributed by atoms with Crippen LogP contribution < -0.4 is 0 Å². The fraction of sp³-hybridized carbons (Fsp3) is 0.714. The highest BCUT2D eigenvalue weighted by Crippen LogP contribution is 2.21. The second-order valence-electron chi connectivity index (χ2n) is 4.74. The predicted octanol–water partition coefficient (Wildman–Crippen LogP) is 2.14. The van der Waals surface area contributed by atoms with E-state index in [1.165, 1.54) is 0 Å². The van der Waals surface area contributed by atoms with Crippen LogP contribution in [0.25, 0.3) is 0 Å². The number of esters is 1. The molecule has 1 amide bonds. The van der Waals surface area contributed by atoms with E-state index in [0.29, 0.717) is 31.1 Å². The first-order valence-corrected chi connectivity index (χ1v) is 6.71. The lowest BCUT2D eigenvalue weighted by molar-refractivity contribution is -0.139. The summed E-state index contributed by atoms with van der Waals surface area (Å²) in [5.41, 5.74) is 0.361. The van der Waals surface area contributed by atoms with Crippen molar-refractivity contribution in [2.75, 3.05) is 19.7 Å². The minimum atomic E-state index is -0.401. The van der Waals surface area contributed by atoms with Crippen molar-refractivity contribution < 1.29 is 14.3 Å².